The van der Waals surface area contributed by atoms with Gasteiger partial charge in [0.1, 0.15) is 5.82 Å². The van der Waals surface area contributed by atoms with Gasteiger partial charge in [0.2, 0.25) is 0 Å². The molecule has 1 aliphatic heterocycles. The molecule has 2 rings (SSSR count). The van der Waals surface area contributed by atoms with E-state index in [1.807, 2.05) is 19.1 Å². The van der Waals surface area contributed by atoms with Gasteiger partial charge >= 0.3 is 0 Å². The molecule has 1 aliphatic rings. The summed E-state index contributed by atoms with van der Waals surface area (Å²) in [6.45, 7) is 6.27. The van der Waals surface area contributed by atoms with Gasteiger partial charge in [0.25, 0.3) is 0 Å². The van der Waals surface area contributed by atoms with Gasteiger partial charge in [-0.2, -0.15) is 5.26 Å². The number of halogens is 1. The van der Waals surface area contributed by atoms with Crippen LogP contribution in [0, 0.1) is 17.1 Å². The van der Waals surface area contributed by atoms with Crippen LogP contribution in [0.2, 0.25) is 0 Å². The number of hydrogen-bond donors (Lipinski definition) is 0. The predicted octanol–water partition coefficient (Wildman–Crippen LogP) is 2.25. The maximum atomic E-state index is 13.6. The third-order valence-electron chi connectivity index (χ3n) is 3.74. The quantitative estimate of drug-likeness (QED) is 0.832. The summed E-state index contributed by atoms with van der Waals surface area (Å²) in [6.07, 6.45) is 0.865. The van der Waals surface area contributed by atoms with Crippen LogP contribution in [-0.4, -0.2) is 42.0 Å². The van der Waals surface area contributed by atoms with Crippen LogP contribution >= 0.6 is 0 Å². The van der Waals surface area contributed by atoms with Gasteiger partial charge in [-0.25, -0.2) is 4.39 Å². The fraction of sp³-hybridized carbons (Fsp3) is 0.533. The molecule has 1 fully saturated rings. The minimum Gasteiger partial charge on any atom is -0.296 e. The minimum atomic E-state index is -0.131. The zero-order chi connectivity index (χ0) is 13.7. The first-order valence-corrected chi connectivity index (χ1v) is 6.84. The zero-order valence-electron chi connectivity index (χ0n) is 11.3. The molecule has 1 unspecified atom stereocenters. The first-order chi connectivity index (χ1) is 9.24. The maximum absolute atomic E-state index is 13.6. The monoisotopic (exact) mass is 261 g/mol. The van der Waals surface area contributed by atoms with Gasteiger partial charge in [-0.1, -0.05) is 25.1 Å². The number of nitriles is 1. The van der Waals surface area contributed by atoms with E-state index in [2.05, 4.69) is 15.9 Å². The molecule has 1 heterocycles. The molecule has 0 saturated carbocycles. The summed E-state index contributed by atoms with van der Waals surface area (Å²) in [6, 6.07) is 9.30. The molecule has 0 N–H and O–H groups in total. The van der Waals surface area contributed by atoms with Crippen molar-refractivity contribution in [3.8, 4) is 6.07 Å². The molecule has 0 spiro atoms. The third kappa shape index (κ3) is 3.52. The van der Waals surface area contributed by atoms with Crippen molar-refractivity contribution in [2.45, 2.75) is 25.9 Å². The Morgan fingerprint density at radius 3 is 2.53 bits per heavy atom. The van der Waals surface area contributed by atoms with Crippen molar-refractivity contribution in [2.24, 2.45) is 0 Å². The highest BCUT2D eigenvalue weighted by atomic mass is 19.1. The third-order valence-corrected chi connectivity index (χ3v) is 3.74. The molecule has 0 aromatic heterocycles. The summed E-state index contributed by atoms with van der Waals surface area (Å²) >= 11 is 0. The molecule has 3 nitrogen and oxygen atoms in total. The lowest BCUT2D eigenvalue weighted by atomic mass is 10.1. The van der Waals surface area contributed by atoms with E-state index in [-0.39, 0.29) is 11.9 Å². The highest BCUT2D eigenvalue weighted by molar-refractivity contribution is 5.17. The summed E-state index contributed by atoms with van der Waals surface area (Å²) in [5.74, 6) is -0.131. The molecule has 0 bridgehead atoms. The van der Waals surface area contributed by atoms with E-state index >= 15 is 0 Å². The first kappa shape index (κ1) is 14.0. The zero-order valence-corrected chi connectivity index (χ0v) is 11.3. The van der Waals surface area contributed by atoms with Crippen molar-refractivity contribution in [1.82, 2.24) is 9.80 Å². The Hall–Kier alpha value is -1.44. The highest BCUT2D eigenvalue weighted by Crippen LogP contribution is 2.13. The van der Waals surface area contributed by atoms with Crippen molar-refractivity contribution < 1.29 is 4.39 Å². The van der Waals surface area contributed by atoms with Crippen LogP contribution in [0.15, 0.2) is 24.3 Å². The Kier molecular flexibility index (Phi) is 4.89. The lowest BCUT2D eigenvalue weighted by Gasteiger charge is -2.36. The lowest BCUT2D eigenvalue weighted by Crippen LogP contribution is -2.49. The van der Waals surface area contributed by atoms with Gasteiger partial charge in [0.05, 0.1) is 12.1 Å². The Labute approximate surface area is 114 Å². The lowest BCUT2D eigenvalue weighted by molar-refractivity contribution is 0.107. The van der Waals surface area contributed by atoms with Gasteiger partial charge in [0, 0.05) is 38.3 Å². The molecule has 0 radical (unpaired) electrons. The summed E-state index contributed by atoms with van der Waals surface area (Å²) in [4.78, 5) is 4.47. The summed E-state index contributed by atoms with van der Waals surface area (Å²) < 4.78 is 13.6. The Bertz CT molecular complexity index is 447. The standard InChI is InChI=1S/C15H20FN3/c1-2-14(11-17)19-9-7-18(8-10-19)12-13-5-3-4-6-15(13)16/h3-6,14H,2,7-10,12H2,1H3. The summed E-state index contributed by atoms with van der Waals surface area (Å²) in [5, 5.41) is 9.06. The normalized spacial score (nSPS) is 19.0. The molecule has 0 aliphatic carbocycles. The van der Waals surface area contributed by atoms with Gasteiger partial charge in [-0.3, -0.25) is 9.80 Å². The Morgan fingerprint density at radius 2 is 1.95 bits per heavy atom. The van der Waals surface area contributed by atoms with Crippen molar-refractivity contribution in [1.29, 1.82) is 5.26 Å². The van der Waals surface area contributed by atoms with E-state index < -0.39 is 0 Å². The molecule has 1 aromatic rings. The molecular weight excluding hydrogens is 241 g/mol. The molecule has 1 aromatic carbocycles. The second-order valence-corrected chi connectivity index (χ2v) is 4.96. The van der Waals surface area contributed by atoms with Gasteiger partial charge in [-0.15, -0.1) is 0 Å². The van der Waals surface area contributed by atoms with Crippen molar-refractivity contribution in [3.63, 3.8) is 0 Å². The van der Waals surface area contributed by atoms with Crippen LogP contribution in [0.1, 0.15) is 18.9 Å². The highest BCUT2D eigenvalue weighted by Gasteiger charge is 2.22. The molecule has 102 valence electrons. The van der Waals surface area contributed by atoms with E-state index in [4.69, 9.17) is 5.26 Å². The SMILES string of the molecule is CCC(C#N)N1CCN(Cc2ccccc2F)CC1. The molecule has 1 saturated heterocycles. The van der Waals surface area contributed by atoms with E-state index in [1.165, 1.54) is 6.07 Å². The van der Waals surface area contributed by atoms with Crippen LogP contribution in [-0.2, 0) is 6.54 Å². The molecule has 1 atom stereocenters. The Morgan fingerprint density at radius 1 is 1.26 bits per heavy atom. The van der Waals surface area contributed by atoms with Crippen LogP contribution in [0.5, 0.6) is 0 Å². The fourth-order valence-corrected chi connectivity index (χ4v) is 2.53. The van der Waals surface area contributed by atoms with Crippen molar-refractivity contribution >= 4 is 0 Å². The van der Waals surface area contributed by atoms with Crippen LogP contribution in [0.25, 0.3) is 0 Å². The molecule has 0 amide bonds. The van der Waals surface area contributed by atoms with Crippen LogP contribution < -0.4 is 0 Å². The van der Waals surface area contributed by atoms with Crippen molar-refractivity contribution in [3.05, 3.63) is 35.6 Å². The summed E-state index contributed by atoms with van der Waals surface area (Å²) in [5.41, 5.74) is 0.753. The van der Waals surface area contributed by atoms with E-state index in [0.29, 0.717) is 6.54 Å². The number of nitrogens with zero attached hydrogens (tertiary/aromatic N) is 3. The number of hydrogen-bond acceptors (Lipinski definition) is 3. The average molecular weight is 261 g/mol. The smallest absolute Gasteiger partial charge is 0.127 e. The van der Waals surface area contributed by atoms with E-state index in [1.54, 1.807) is 6.07 Å². The predicted molar refractivity (Wildman–Crippen MR) is 72.9 cm³/mol. The largest absolute Gasteiger partial charge is 0.296 e. The van der Waals surface area contributed by atoms with Crippen LogP contribution in [0.4, 0.5) is 4.39 Å². The molecular formula is C15H20FN3. The second-order valence-electron chi connectivity index (χ2n) is 4.96. The van der Waals surface area contributed by atoms with Crippen molar-refractivity contribution in [2.75, 3.05) is 26.2 Å². The maximum Gasteiger partial charge on any atom is 0.127 e. The van der Waals surface area contributed by atoms with Gasteiger partial charge in [-0.05, 0) is 12.5 Å². The fourth-order valence-electron chi connectivity index (χ4n) is 2.53. The molecule has 19 heavy (non-hydrogen) atoms. The number of piperazine rings is 1. The van der Waals surface area contributed by atoms with Crippen LogP contribution in [0.3, 0.4) is 0 Å². The second kappa shape index (κ2) is 6.65. The number of benzene rings is 1. The van der Waals surface area contributed by atoms with E-state index in [0.717, 1.165) is 38.2 Å². The number of rotatable bonds is 4. The van der Waals surface area contributed by atoms with Gasteiger partial charge < -0.3 is 0 Å². The van der Waals surface area contributed by atoms with E-state index in [9.17, 15) is 4.39 Å². The molecule has 4 heteroatoms. The first-order valence-electron chi connectivity index (χ1n) is 6.84. The minimum absolute atomic E-state index is 0.0237. The topological polar surface area (TPSA) is 30.3 Å². The van der Waals surface area contributed by atoms with Gasteiger partial charge in [0.15, 0.2) is 0 Å². The summed E-state index contributed by atoms with van der Waals surface area (Å²) in [7, 11) is 0. The average Bonchev–Trinajstić information content (AvgIpc) is 2.44. The Balaban J connectivity index is 1.87.